The van der Waals surface area contributed by atoms with Crippen molar-refractivity contribution >= 4 is 15.9 Å². The molecule has 1 saturated carbocycles. The van der Waals surface area contributed by atoms with Gasteiger partial charge in [0.25, 0.3) is 5.91 Å². The predicted octanol–water partition coefficient (Wildman–Crippen LogP) is 2.13. The molecule has 2 aliphatic rings. The Balaban J connectivity index is 1.33. The van der Waals surface area contributed by atoms with E-state index < -0.39 is 10.0 Å². The van der Waals surface area contributed by atoms with E-state index in [1.165, 1.54) is 11.6 Å². The molecule has 0 unspecified atom stereocenters. The van der Waals surface area contributed by atoms with Gasteiger partial charge in [0.15, 0.2) is 0 Å². The second kappa shape index (κ2) is 8.65. The monoisotopic (exact) mass is 413 g/mol. The van der Waals surface area contributed by atoms with Crippen LogP contribution in [0.25, 0.3) is 0 Å². The minimum absolute atomic E-state index is 0.0447. The van der Waals surface area contributed by atoms with Gasteiger partial charge in [0.2, 0.25) is 10.0 Å². The second-order valence-electron chi connectivity index (χ2n) is 7.79. The summed E-state index contributed by atoms with van der Waals surface area (Å²) in [7, 11) is -3.56. The van der Waals surface area contributed by atoms with Crippen molar-refractivity contribution in [3.05, 3.63) is 65.7 Å². The number of rotatable bonds is 7. The predicted molar refractivity (Wildman–Crippen MR) is 112 cm³/mol. The SMILES string of the molecule is O=C(c1cccc(S(=O)(=O)NC2CC2)c1)N1CCN(CCc2ccccc2)CC1. The quantitative estimate of drug-likeness (QED) is 0.755. The lowest BCUT2D eigenvalue weighted by Crippen LogP contribution is -2.49. The number of piperazine rings is 1. The lowest BCUT2D eigenvalue weighted by Gasteiger charge is -2.34. The van der Waals surface area contributed by atoms with Crippen LogP contribution in [0.4, 0.5) is 0 Å². The van der Waals surface area contributed by atoms with Crippen LogP contribution in [0.15, 0.2) is 59.5 Å². The summed E-state index contributed by atoms with van der Waals surface area (Å²) in [4.78, 5) is 17.2. The van der Waals surface area contributed by atoms with Crippen molar-refractivity contribution in [2.24, 2.45) is 0 Å². The third-order valence-corrected chi connectivity index (χ3v) is 7.03. The molecule has 1 N–H and O–H groups in total. The number of carbonyl (C=O) groups excluding carboxylic acids is 1. The summed E-state index contributed by atoms with van der Waals surface area (Å²) in [5, 5.41) is 0. The van der Waals surface area contributed by atoms with E-state index in [0.29, 0.717) is 18.7 Å². The minimum Gasteiger partial charge on any atom is -0.336 e. The second-order valence-corrected chi connectivity index (χ2v) is 9.51. The van der Waals surface area contributed by atoms with E-state index in [4.69, 9.17) is 0 Å². The molecule has 1 amide bonds. The molecule has 0 bridgehead atoms. The minimum atomic E-state index is -3.56. The average Bonchev–Trinajstić information content (AvgIpc) is 3.56. The zero-order valence-corrected chi connectivity index (χ0v) is 17.3. The van der Waals surface area contributed by atoms with Crippen LogP contribution >= 0.6 is 0 Å². The van der Waals surface area contributed by atoms with Gasteiger partial charge >= 0.3 is 0 Å². The van der Waals surface area contributed by atoms with E-state index in [9.17, 15) is 13.2 Å². The van der Waals surface area contributed by atoms with E-state index in [1.54, 1.807) is 18.2 Å². The topological polar surface area (TPSA) is 69.7 Å². The third kappa shape index (κ3) is 5.23. The van der Waals surface area contributed by atoms with Crippen LogP contribution in [0, 0.1) is 0 Å². The Morgan fingerprint density at radius 2 is 1.69 bits per heavy atom. The van der Waals surface area contributed by atoms with E-state index >= 15 is 0 Å². The average molecular weight is 414 g/mol. The van der Waals surface area contributed by atoms with Crippen molar-refractivity contribution in [3.8, 4) is 0 Å². The molecule has 2 aromatic carbocycles. The first-order chi connectivity index (χ1) is 14.0. The fourth-order valence-corrected chi connectivity index (χ4v) is 4.92. The Morgan fingerprint density at radius 3 is 2.38 bits per heavy atom. The lowest BCUT2D eigenvalue weighted by atomic mass is 10.1. The van der Waals surface area contributed by atoms with Crippen molar-refractivity contribution < 1.29 is 13.2 Å². The summed E-state index contributed by atoms with van der Waals surface area (Å²) in [5.41, 5.74) is 1.75. The highest BCUT2D eigenvalue weighted by molar-refractivity contribution is 7.89. The van der Waals surface area contributed by atoms with Crippen LogP contribution in [0.5, 0.6) is 0 Å². The first-order valence-electron chi connectivity index (χ1n) is 10.2. The number of hydrogen-bond donors (Lipinski definition) is 1. The van der Waals surface area contributed by atoms with Crippen molar-refractivity contribution in [2.45, 2.75) is 30.2 Å². The first kappa shape index (κ1) is 20.1. The molecule has 1 aliphatic carbocycles. The van der Waals surface area contributed by atoms with Gasteiger partial charge in [-0.2, -0.15) is 0 Å². The van der Waals surface area contributed by atoms with E-state index in [1.807, 2.05) is 11.0 Å². The van der Waals surface area contributed by atoms with Gasteiger partial charge in [-0.1, -0.05) is 36.4 Å². The van der Waals surface area contributed by atoms with Gasteiger partial charge in [0.05, 0.1) is 4.90 Å². The molecule has 0 radical (unpaired) electrons. The molecule has 2 fully saturated rings. The number of carbonyl (C=O) groups is 1. The maximum atomic E-state index is 12.9. The van der Waals surface area contributed by atoms with Gasteiger partial charge in [-0.05, 0) is 43.0 Å². The van der Waals surface area contributed by atoms with Crippen molar-refractivity contribution in [3.63, 3.8) is 0 Å². The van der Waals surface area contributed by atoms with Gasteiger partial charge in [0.1, 0.15) is 0 Å². The molecule has 29 heavy (non-hydrogen) atoms. The van der Waals surface area contributed by atoms with Crippen LogP contribution in [-0.4, -0.2) is 62.9 Å². The summed E-state index contributed by atoms with van der Waals surface area (Å²) >= 11 is 0. The molecule has 6 nitrogen and oxygen atoms in total. The van der Waals surface area contributed by atoms with Crippen molar-refractivity contribution in [2.75, 3.05) is 32.7 Å². The maximum Gasteiger partial charge on any atom is 0.253 e. The van der Waals surface area contributed by atoms with E-state index in [-0.39, 0.29) is 16.8 Å². The number of sulfonamides is 1. The standard InChI is InChI=1S/C22H27N3O3S/c26-22(19-7-4-8-21(17-19)29(27,28)23-20-9-10-20)25-15-13-24(14-16-25)12-11-18-5-2-1-3-6-18/h1-8,17,20,23H,9-16H2. The number of nitrogens with zero attached hydrogens (tertiary/aromatic N) is 2. The Labute approximate surface area is 172 Å². The Hall–Kier alpha value is -2.22. The number of benzene rings is 2. The highest BCUT2D eigenvalue weighted by atomic mass is 32.2. The molecule has 1 aliphatic heterocycles. The summed E-state index contributed by atoms with van der Waals surface area (Å²) < 4.78 is 27.5. The molecule has 7 heteroatoms. The summed E-state index contributed by atoms with van der Waals surface area (Å²) in [6.07, 6.45) is 2.77. The molecule has 154 valence electrons. The normalized spacial score (nSPS) is 18.0. The Kier molecular flexibility index (Phi) is 5.99. The largest absolute Gasteiger partial charge is 0.336 e. The highest BCUT2D eigenvalue weighted by Crippen LogP contribution is 2.23. The smallest absolute Gasteiger partial charge is 0.253 e. The molecule has 1 heterocycles. The molecular formula is C22H27N3O3S. The third-order valence-electron chi connectivity index (χ3n) is 5.51. The fraction of sp³-hybridized carbons (Fsp3) is 0.409. The molecular weight excluding hydrogens is 386 g/mol. The van der Waals surface area contributed by atoms with Crippen LogP contribution in [0.2, 0.25) is 0 Å². The van der Waals surface area contributed by atoms with Crippen molar-refractivity contribution in [1.29, 1.82) is 0 Å². The van der Waals surface area contributed by atoms with Crippen LogP contribution in [0.1, 0.15) is 28.8 Å². The molecule has 4 rings (SSSR count). The maximum absolute atomic E-state index is 12.9. The molecule has 0 aromatic heterocycles. The molecule has 1 saturated heterocycles. The Bertz CT molecular complexity index is 950. The fourth-order valence-electron chi connectivity index (χ4n) is 3.57. The summed E-state index contributed by atoms with van der Waals surface area (Å²) in [5.74, 6) is -0.101. The highest BCUT2D eigenvalue weighted by Gasteiger charge is 2.29. The molecule has 0 atom stereocenters. The summed E-state index contributed by atoms with van der Waals surface area (Å²) in [6.45, 7) is 3.96. The summed E-state index contributed by atoms with van der Waals surface area (Å²) in [6, 6.07) is 16.8. The van der Waals surface area contributed by atoms with E-state index in [2.05, 4.69) is 33.9 Å². The Morgan fingerprint density at radius 1 is 0.966 bits per heavy atom. The van der Waals surface area contributed by atoms with Gasteiger partial charge in [-0.3, -0.25) is 9.69 Å². The van der Waals surface area contributed by atoms with Crippen molar-refractivity contribution in [1.82, 2.24) is 14.5 Å². The number of amides is 1. The van der Waals surface area contributed by atoms with Gasteiger partial charge < -0.3 is 4.90 Å². The zero-order chi connectivity index (χ0) is 20.3. The van der Waals surface area contributed by atoms with Gasteiger partial charge in [-0.25, -0.2) is 13.1 Å². The van der Waals surface area contributed by atoms with E-state index in [0.717, 1.165) is 38.9 Å². The first-order valence-corrected chi connectivity index (χ1v) is 11.7. The molecule has 0 spiro atoms. The van der Waals surface area contributed by atoms with Gasteiger partial charge in [0, 0.05) is 44.3 Å². The molecule has 2 aromatic rings. The number of nitrogens with one attached hydrogen (secondary N) is 1. The van der Waals surface area contributed by atoms with Crippen LogP contribution < -0.4 is 4.72 Å². The lowest BCUT2D eigenvalue weighted by molar-refractivity contribution is 0.0638. The zero-order valence-electron chi connectivity index (χ0n) is 16.5. The van der Waals surface area contributed by atoms with Gasteiger partial charge in [-0.15, -0.1) is 0 Å². The van der Waals surface area contributed by atoms with Crippen LogP contribution in [0.3, 0.4) is 0 Å². The number of hydrogen-bond acceptors (Lipinski definition) is 4. The van der Waals surface area contributed by atoms with Crippen LogP contribution in [-0.2, 0) is 16.4 Å².